The lowest BCUT2D eigenvalue weighted by Crippen LogP contribution is -2.54. The van der Waals surface area contributed by atoms with Crippen molar-refractivity contribution in [2.45, 2.75) is 31.6 Å². The fourth-order valence-corrected chi connectivity index (χ4v) is 3.23. The Morgan fingerprint density at radius 3 is 2.56 bits per heavy atom. The van der Waals surface area contributed by atoms with E-state index in [9.17, 15) is 0 Å². The van der Waals surface area contributed by atoms with Gasteiger partial charge in [0.15, 0.2) is 0 Å². The minimum absolute atomic E-state index is 0.422. The number of hydrogen-bond donors (Lipinski definition) is 2. The maximum atomic E-state index is 5.72. The van der Waals surface area contributed by atoms with E-state index in [0.717, 1.165) is 6.54 Å². The normalized spacial score (nSPS) is 34.3. The Bertz CT molecular complexity index is 93.2. The average molecular weight is 144 g/mol. The Hall–Kier alpha value is 0.137. The molecule has 0 saturated carbocycles. The van der Waals surface area contributed by atoms with Crippen LogP contribution in [-0.2, 0) is 0 Å². The standard InChI is InChI=1S/C6H16N2Si/c1-9(2)4-3-6(7)5-8-9/h6,8H,3-5,7H2,1-2H3. The van der Waals surface area contributed by atoms with Crippen LogP contribution in [0.2, 0.25) is 19.1 Å². The van der Waals surface area contributed by atoms with Gasteiger partial charge in [0, 0.05) is 12.6 Å². The van der Waals surface area contributed by atoms with Crippen LogP contribution in [0.25, 0.3) is 0 Å². The van der Waals surface area contributed by atoms with Crippen molar-refractivity contribution < 1.29 is 0 Å². The predicted molar refractivity (Wildman–Crippen MR) is 42.9 cm³/mol. The Balaban J connectivity index is 2.35. The Morgan fingerprint density at radius 1 is 1.56 bits per heavy atom. The molecule has 1 heterocycles. The lowest BCUT2D eigenvalue weighted by atomic mass is 10.2. The van der Waals surface area contributed by atoms with Crippen LogP contribution in [0, 0.1) is 0 Å². The van der Waals surface area contributed by atoms with E-state index in [1.165, 1.54) is 12.5 Å². The van der Waals surface area contributed by atoms with E-state index in [0.29, 0.717) is 6.04 Å². The molecule has 1 atom stereocenters. The highest BCUT2D eigenvalue weighted by molar-refractivity contribution is 6.75. The number of nitrogens with two attached hydrogens (primary N) is 1. The summed E-state index contributed by atoms with van der Waals surface area (Å²) in [6.45, 7) is 5.76. The van der Waals surface area contributed by atoms with Crippen molar-refractivity contribution in [1.82, 2.24) is 4.98 Å². The van der Waals surface area contributed by atoms with E-state index in [1.807, 2.05) is 0 Å². The molecule has 0 aliphatic carbocycles. The summed E-state index contributed by atoms with van der Waals surface area (Å²) in [5.74, 6) is 0. The van der Waals surface area contributed by atoms with E-state index < -0.39 is 8.24 Å². The monoisotopic (exact) mass is 144 g/mol. The fourth-order valence-electron chi connectivity index (χ4n) is 1.14. The van der Waals surface area contributed by atoms with Gasteiger partial charge in [-0.3, -0.25) is 0 Å². The average Bonchev–Trinajstić information content (AvgIpc) is 1.78. The van der Waals surface area contributed by atoms with Gasteiger partial charge < -0.3 is 10.7 Å². The molecule has 0 aromatic carbocycles. The van der Waals surface area contributed by atoms with Crippen LogP contribution in [0.5, 0.6) is 0 Å². The lowest BCUT2D eigenvalue weighted by molar-refractivity contribution is 0.588. The Morgan fingerprint density at radius 2 is 2.22 bits per heavy atom. The molecular formula is C6H16N2Si. The van der Waals surface area contributed by atoms with Crippen LogP contribution in [0.4, 0.5) is 0 Å². The molecule has 1 saturated heterocycles. The van der Waals surface area contributed by atoms with Crippen LogP contribution in [0.1, 0.15) is 6.42 Å². The highest BCUT2D eigenvalue weighted by Crippen LogP contribution is 2.13. The molecule has 1 unspecified atom stereocenters. The molecule has 0 radical (unpaired) electrons. The summed E-state index contributed by atoms with van der Waals surface area (Å²) in [5.41, 5.74) is 5.72. The minimum Gasteiger partial charge on any atom is -0.336 e. The van der Waals surface area contributed by atoms with E-state index in [4.69, 9.17) is 5.73 Å². The molecule has 0 spiro atoms. The van der Waals surface area contributed by atoms with Crippen LogP contribution in [0.3, 0.4) is 0 Å². The zero-order valence-electron chi connectivity index (χ0n) is 6.28. The zero-order valence-corrected chi connectivity index (χ0v) is 7.28. The summed E-state index contributed by atoms with van der Waals surface area (Å²) in [4.78, 5) is 3.52. The predicted octanol–water partition coefficient (Wildman–Crippen LogP) is 0.512. The highest BCUT2D eigenvalue weighted by atomic mass is 28.3. The van der Waals surface area contributed by atoms with E-state index in [1.54, 1.807) is 0 Å². The van der Waals surface area contributed by atoms with Gasteiger partial charge in [-0.25, -0.2) is 0 Å². The molecule has 1 aliphatic heterocycles. The second kappa shape index (κ2) is 2.40. The van der Waals surface area contributed by atoms with Crippen LogP contribution < -0.4 is 10.7 Å². The molecule has 2 nitrogen and oxygen atoms in total. The summed E-state index contributed by atoms with van der Waals surface area (Å²) >= 11 is 0. The lowest BCUT2D eigenvalue weighted by Gasteiger charge is -2.32. The molecule has 1 fully saturated rings. The first-order valence-corrected chi connectivity index (χ1v) is 6.81. The summed E-state index contributed by atoms with van der Waals surface area (Å²) in [7, 11) is -0.962. The van der Waals surface area contributed by atoms with Crippen LogP contribution in [0.15, 0.2) is 0 Å². The second-order valence-corrected chi connectivity index (χ2v) is 8.18. The smallest absolute Gasteiger partial charge is 0.119 e. The summed E-state index contributed by atoms with van der Waals surface area (Å²) in [6, 6.07) is 1.76. The minimum atomic E-state index is -0.962. The van der Waals surface area contributed by atoms with Crippen molar-refractivity contribution in [3.8, 4) is 0 Å². The zero-order chi connectivity index (χ0) is 6.91. The highest BCUT2D eigenvalue weighted by Gasteiger charge is 2.25. The maximum absolute atomic E-state index is 5.72. The number of hydrogen-bond acceptors (Lipinski definition) is 2. The first-order chi connectivity index (χ1) is 4.10. The summed E-state index contributed by atoms with van der Waals surface area (Å²) in [5, 5.41) is 0. The molecule has 9 heavy (non-hydrogen) atoms. The van der Waals surface area contributed by atoms with Gasteiger partial charge in [-0.05, 0) is 12.5 Å². The molecular weight excluding hydrogens is 128 g/mol. The third-order valence-electron chi connectivity index (χ3n) is 1.98. The largest absolute Gasteiger partial charge is 0.336 e. The van der Waals surface area contributed by atoms with Crippen molar-refractivity contribution >= 4 is 8.24 Å². The number of nitrogens with one attached hydrogen (secondary N) is 1. The summed E-state index contributed by atoms with van der Waals surface area (Å²) < 4.78 is 0. The van der Waals surface area contributed by atoms with Gasteiger partial charge in [-0.2, -0.15) is 0 Å². The molecule has 0 aromatic heterocycles. The first-order valence-electron chi connectivity index (χ1n) is 3.61. The summed E-state index contributed by atoms with van der Waals surface area (Å²) in [6.07, 6.45) is 1.23. The topological polar surface area (TPSA) is 38.0 Å². The van der Waals surface area contributed by atoms with Crippen molar-refractivity contribution in [2.75, 3.05) is 6.54 Å². The van der Waals surface area contributed by atoms with Gasteiger partial charge in [-0.15, -0.1) is 0 Å². The Kier molecular flexibility index (Phi) is 1.93. The van der Waals surface area contributed by atoms with E-state index in [2.05, 4.69) is 18.1 Å². The van der Waals surface area contributed by atoms with Gasteiger partial charge in [0.2, 0.25) is 0 Å². The van der Waals surface area contributed by atoms with Gasteiger partial charge in [0.05, 0.1) is 0 Å². The fraction of sp³-hybridized carbons (Fsp3) is 1.00. The molecule has 3 heteroatoms. The third kappa shape index (κ3) is 2.08. The molecule has 0 aromatic rings. The molecule has 0 amide bonds. The Labute approximate surface area is 57.9 Å². The van der Waals surface area contributed by atoms with Gasteiger partial charge in [0.25, 0.3) is 0 Å². The van der Waals surface area contributed by atoms with Crippen molar-refractivity contribution in [2.24, 2.45) is 5.73 Å². The quantitative estimate of drug-likeness (QED) is 0.486. The SMILES string of the molecule is C[Si]1(C)CCC(N)CN1. The maximum Gasteiger partial charge on any atom is 0.119 e. The van der Waals surface area contributed by atoms with Gasteiger partial charge in [-0.1, -0.05) is 13.1 Å². The van der Waals surface area contributed by atoms with Crippen molar-refractivity contribution in [3.05, 3.63) is 0 Å². The van der Waals surface area contributed by atoms with Gasteiger partial charge >= 0.3 is 0 Å². The van der Waals surface area contributed by atoms with E-state index in [-0.39, 0.29) is 0 Å². The second-order valence-electron chi connectivity index (χ2n) is 3.56. The third-order valence-corrected chi connectivity index (χ3v) is 4.68. The van der Waals surface area contributed by atoms with Crippen molar-refractivity contribution in [3.63, 3.8) is 0 Å². The van der Waals surface area contributed by atoms with Crippen LogP contribution in [-0.4, -0.2) is 20.8 Å². The molecule has 1 rings (SSSR count). The van der Waals surface area contributed by atoms with Crippen molar-refractivity contribution in [1.29, 1.82) is 0 Å². The molecule has 0 bridgehead atoms. The molecule has 54 valence electrons. The van der Waals surface area contributed by atoms with E-state index >= 15 is 0 Å². The molecule has 3 N–H and O–H groups in total. The first kappa shape index (κ1) is 7.25. The number of rotatable bonds is 0. The molecule has 1 aliphatic rings. The van der Waals surface area contributed by atoms with Gasteiger partial charge in [0.1, 0.15) is 8.24 Å². The van der Waals surface area contributed by atoms with Crippen LogP contribution >= 0.6 is 0 Å².